The van der Waals surface area contributed by atoms with E-state index >= 15 is 0 Å². The van der Waals surface area contributed by atoms with Gasteiger partial charge in [-0.05, 0) is 136 Å². The first kappa shape index (κ1) is 64.9. The van der Waals surface area contributed by atoms with Gasteiger partial charge in [-0.1, -0.05) is 44.2 Å². The lowest BCUT2D eigenvalue weighted by atomic mass is 9.88. The molecule has 3 aliphatic rings. The number of rotatable bonds is 33. The van der Waals surface area contributed by atoms with E-state index in [2.05, 4.69) is 72.6 Å². The van der Waals surface area contributed by atoms with Crippen LogP contribution >= 0.6 is 0 Å². The number of esters is 1. The number of piperidine rings is 1. The summed E-state index contributed by atoms with van der Waals surface area (Å²) in [6, 6.07) is 17.7. The number of amides is 5. The van der Waals surface area contributed by atoms with Gasteiger partial charge in [0.1, 0.15) is 41.6 Å². The standard InChI is InChI=1S/C64H83N13O12/c1-41-57(42-16-19-46(20-17-42)68-62(82)59(58(43-12-13-43)44-14-15-44)70-61(81)53-23-27-67-75(53)5)52(73-71-41)38-85-32-8-7-29-77-36-47(72-74-77)37-86-40-56(79)76-30-24-48(25-31-76)87-33-28-65-54(78)39-88-49-10-9-11-50(34-49)89-55-21-18-45(35-66-55)60(80)69-51(63(83)84-6)22-26-64(2,3)4/h9-11,16-21,23,27,34-36,43-44,48,51,58-59H,7-8,12-15,22,24-26,28-33,37-40H2,1-6H3,(H,65,78)(H,68,82)(H,69,80)(H,70,81)(H,71,73)/t51-,59-/m0/s1. The molecule has 0 bridgehead atoms. The molecule has 2 aliphatic carbocycles. The number of benzene rings is 2. The molecule has 6 aromatic rings. The zero-order valence-electron chi connectivity index (χ0n) is 51.7. The molecule has 5 N–H and O–H groups in total. The van der Waals surface area contributed by atoms with Crippen LogP contribution in [-0.4, -0.2) is 152 Å². The summed E-state index contributed by atoms with van der Waals surface area (Å²) in [5.74, 6) is 0.108. The molecular formula is C64H83N13O12. The Hall–Kier alpha value is -8.55. The summed E-state index contributed by atoms with van der Waals surface area (Å²) in [5, 5.41) is 31.9. The van der Waals surface area contributed by atoms with Gasteiger partial charge in [-0.25, -0.2) is 9.78 Å². The zero-order chi connectivity index (χ0) is 62.9. The van der Waals surface area contributed by atoms with Gasteiger partial charge in [-0.3, -0.25) is 38.4 Å². The minimum atomic E-state index is -0.787. The molecule has 3 fully saturated rings. The fourth-order valence-corrected chi connectivity index (χ4v) is 10.9. The van der Waals surface area contributed by atoms with E-state index in [1.54, 1.807) is 65.3 Å². The number of hydrogen-bond acceptors (Lipinski definition) is 17. The third kappa shape index (κ3) is 19.5. The molecule has 4 aromatic heterocycles. The highest BCUT2D eigenvalue weighted by molar-refractivity contribution is 6.01. The molecule has 2 atom stereocenters. The van der Waals surface area contributed by atoms with E-state index < -0.39 is 24.0 Å². The van der Waals surface area contributed by atoms with Gasteiger partial charge in [0.25, 0.3) is 17.7 Å². The molecule has 25 heteroatoms. The summed E-state index contributed by atoms with van der Waals surface area (Å²) in [7, 11) is 3.01. The molecule has 25 nitrogen and oxygen atoms in total. The van der Waals surface area contributed by atoms with E-state index in [-0.39, 0.29) is 78.9 Å². The third-order valence-corrected chi connectivity index (χ3v) is 16.0. The Balaban J connectivity index is 0.600. The lowest BCUT2D eigenvalue weighted by Gasteiger charge is -2.32. The monoisotopic (exact) mass is 1230 g/mol. The molecule has 2 aromatic carbocycles. The number of aromatic nitrogens is 8. The molecule has 0 unspecified atom stereocenters. The van der Waals surface area contributed by atoms with E-state index in [4.69, 9.17) is 28.4 Å². The summed E-state index contributed by atoms with van der Waals surface area (Å²) in [4.78, 5) is 84.1. The summed E-state index contributed by atoms with van der Waals surface area (Å²) in [6.07, 6.45) is 13.1. The predicted octanol–water partition coefficient (Wildman–Crippen LogP) is 6.88. The topological polar surface area (TPSA) is 299 Å². The van der Waals surface area contributed by atoms with Crippen LogP contribution in [0.4, 0.5) is 5.69 Å². The van der Waals surface area contributed by atoms with Crippen LogP contribution in [-0.2, 0) is 64.9 Å². The summed E-state index contributed by atoms with van der Waals surface area (Å²) in [5.41, 5.74) is 5.49. The van der Waals surface area contributed by atoms with Gasteiger partial charge in [0.2, 0.25) is 17.7 Å². The van der Waals surface area contributed by atoms with Crippen molar-refractivity contribution in [1.82, 2.24) is 60.8 Å². The number of ether oxygens (including phenoxy) is 6. The van der Waals surface area contributed by atoms with E-state index in [0.717, 1.165) is 61.0 Å². The SMILES string of the molecule is COC(=O)[C@H](CCC(C)(C)C)NC(=O)c1ccc(Oc2cccc(OCC(=O)NCCOC3CCN(C(=O)COCc4cn(CCCCOCc5n[nH]c(C)c5-c5ccc(NC(=O)[C@@H](NC(=O)c6ccnn6C)C(C6CC6)C6CC6)cc5)nn4)CC3)c2)nc1. The van der Waals surface area contributed by atoms with Crippen LogP contribution in [0.3, 0.4) is 0 Å². The van der Waals surface area contributed by atoms with Crippen molar-refractivity contribution in [3.63, 3.8) is 0 Å². The molecule has 5 heterocycles. The number of hydrogen-bond donors (Lipinski definition) is 5. The second-order valence-corrected chi connectivity index (χ2v) is 24.2. The maximum absolute atomic E-state index is 13.9. The number of nitrogens with zero attached hydrogens (tertiary/aromatic N) is 8. The van der Waals surface area contributed by atoms with E-state index in [9.17, 15) is 28.8 Å². The molecule has 89 heavy (non-hydrogen) atoms. The largest absolute Gasteiger partial charge is 0.484 e. The Kier molecular flexibility index (Phi) is 22.7. The number of nitrogens with one attached hydrogen (secondary N) is 5. The molecule has 1 saturated heterocycles. The highest BCUT2D eigenvalue weighted by Crippen LogP contribution is 2.51. The minimum Gasteiger partial charge on any atom is -0.484 e. The van der Waals surface area contributed by atoms with Gasteiger partial charge in [0.05, 0.1) is 50.5 Å². The van der Waals surface area contributed by atoms with E-state index in [1.165, 1.54) is 18.0 Å². The summed E-state index contributed by atoms with van der Waals surface area (Å²) >= 11 is 0. The van der Waals surface area contributed by atoms with Crippen LogP contribution in [0, 0.1) is 30.1 Å². The third-order valence-electron chi connectivity index (χ3n) is 16.0. The van der Waals surface area contributed by atoms with Gasteiger partial charge in [0, 0.05) is 81.3 Å². The molecule has 476 valence electrons. The lowest BCUT2D eigenvalue weighted by Crippen LogP contribution is -2.50. The van der Waals surface area contributed by atoms with Crippen molar-refractivity contribution >= 4 is 41.2 Å². The summed E-state index contributed by atoms with van der Waals surface area (Å²) < 4.78 is 37.6. The molecule has 9 rings (SSSR count). The first-order valence-electron chi connectivity index (χ1n) is 30.7. The first-order valence-corrected chi connectivity index (χ1v) is 30.7. The molecule has 0 spiro atoms. The average Bonchev–Trinajstić information content (AvgIpc) is 1.85. The Bertz CT molecular complexity index is 3310. The zero-order valence-corrected chi connectivity index (χ0v) is 51.7. The number of carbonyl (C=O) groups excluding carboxylic acids is 6. The lowest BCUT2D eigenvalue weighted by molar-refractivity contribution is -0.143. The Morgan fingerprint density at radius 3 is 2.29 bits per heavy atom. The predicted molar refractivity (Wildman–Crippen MR) is 326 cm³/mol. The van der Waals surface area contributed by atoms with Crippen LogP contribution in [0.15, 0.2) is 85.3 Å². The number of aromatic amines is 1. The van der Waals surface area contributed by atoms with Crippen LogP contribution in [0.5, 0.6) is 17.4 Å². The van der Waals surface area contributed by atoms with Crippen molar-refractivity contribution in [2.45, 2.75) is 130 Å². The van der Waals surface area contributed by atoms with Gasteiger partial charge in [0.15, 0.2) is 6.61 Å². The summed E-state index contributed by atoms with van der Waals surface area (Å²) in [6.45, 7) is 11.1. The van der Waals surface area contributed by atoms with Gasteiger partial charge in [-0.2, -0.15) is 10.2 Å². The van der Waals surface area contributed by atoms with Crippen molar-refractivity contribution in [2.75, 3.05) is 58.5 Å². The first-order chi connectivity index (χ1) is 43.0. The molecule has 5 amide bonds. The van der Waals surface area contributed by atoms with Gasteiger partial charge >= 0.3 is 5.97 Å². The van der Waals surface area contributed by atoms with Crippen LogP contribution < -0.4 is 30.7 Å². The van der Waals surface area contributed by atoms with Gasteiger partial charge < -0.3 is 54.6 Å². The second kappa shape index (κ2) is 31.1. The van der Waals surface area contributed by atoms with Crippen LogP contribution in [0.2, 0.25) is 0 Å². The average molecular weight is 1230 g/mol. The quantitative estimate of drug-likeness (QED) is 0.0207. The van der Waals surface area contributed by atoms with Crippen molar-refractivity contribution in [3.05, 3.63) is 114 Å². The number of carbonyl (C=O) groups is 6. The van der Waals surface area contributed by atoms with Gasteiger partial charge in [-0.15, -0.1) is 5.10 Å². The number of anilines is 1. The Morgan fingerprint density at radius 1 is 0.831 bits per heavy atom. The number of unbranched alkanes of at least 4 members (excludes halogenated alkanes) is 1. The van der Waals surface area contributed by atoms with Crippen molar-refractivity contribution in [1.29, 1.82) is 0 Å². The fourth-order valence-electron chi connectivity index (χ4n) is 10.9. The smallest absolute Gasteiger partial charge is 0.328 e. The van der Waals surface area contributed by atoms with E-state index in [1.807, 2.05) is 37.4 Å². The highest BCUT2D eigenvalue weighted by Gasteiger charge is 2.48. The number of H-pyrrole nitrogens is 1. The maximum Gasteiger partial charge on any atom is 0.328 e. The maximum atomic E-state index is 13.9. The molecule has 2 saturated carbocycles. The number of pyridine rings is 1. The van der Waals surface area contributed by atoms with Crippen LogP contribution in [0.1, 0.15) is 123 Å². The van der Waals surface area contributed by atoms with Crippen molar-refractivity contribution in [3.8, 4) is 28.5 Å². The fraction of sp³-hybridized carbons (Fsp3) is 0.516. The number of methoxy groups -OCH3 is 1. The second-order valence-electron chi connectivity index (χ2n) is 24.2. The molecular weight excluding hydrogens is 1140 g/mol. The van der Waals surface area contributed by atoms with Crippen LogP contribution in [0.25, 0.3) is 11.1 Å². The highest BCUT2D eigenvalue weighted by atomic mass is 16.5. The van der Waals surface area contributed by atoms with Crippen molar-refractivity contribution < 1.29 is 57.2 Å². The van der Waals surface area contributed by atoms with Crippen molar-refractivity contribution in [2.24, 2.45) is 30.2 Å². The molecule has 1 aliphatic heterocycles. The Morgan fingerprint density at radius 2 is 1.60 bits per heavy atom. The normalized spacial score (nSPS) is 15.1. The Labute approximate surface area is 518 Å². The number of aryl methyl sites for hydroxylation is 3. The molecule has 0 radical (unpaired) electrons. The number of likely N-dealkylation sites (tertiary alicyclic amines) is 1. The van der Waals surface area contributed by atoms with E-state index in [0.29, 0.717) is 106 Å². The minimum absolute atomic E-state index is 0.0256.